The quantitative estimate of drug-likeness (QED) is 0.0535. The normalized spacial score (nSPS) is 12.0. The number of unbranched alkanes of at least 4 members (excludes halogenated alkanes) is 1. The van der Waals surface area contributed by atoms with Crippen LogP contribution in [0.5, 0.6) is 0 Å². The molecule has 1 aliphatic heterocycles. The van der Waals surface area contributed by atoms with Crippen molar-refractivity contribution in [3.8, 4) is 0 Å². The number of carbonyl (C=O) groups excluding carboxylic acids is 11. The van der Waals surface area contributed by atoms with Crippen LogP contribution in [0.2, 0.25) is 0 Å². The molecule has 0 spiro atoms. The molecule has 414 valence electrons. The van der Waals surface area contributed by atoms with Gasteiger partial charge in [-0.05, 0) is 19.3 Å². The number of nitrogens with zero attached hydrogens (tertiary/aromatic N) is 7. The number of likely N-dealkylation sites (N-methyl/N-ethyl adjacent to an activating group) is 2. The minimum absolute atomic E-state index is 0.0280. The molecule has 0 aromatic rings. The highest BCUT2D eigenvalue weighted by molar-refractivity contribution is 7.99. The number of amides is 10. The third kappa shape index (κ3) is 32.0. The number of hydrogen-bond acceptors (Lipinski definition) is 14. The number of carbonyl (C=O) groups is 11. The first-order valence-electron chi connectivity index (χ1n) is 24.5. The van der Waals surface area contributed by atoms with Gasteiger partial charge in [-0.15, -0.1) is 28.3 Å². The van der Waals surface area contributed by atoms with E-state index < -0.39 is 29.7 Å². The fraction of sp³-hybridized carbons (Fsp3) is 0.766. The molecule has 0 radical (unpaired) electrons. The van der Waals surface area contributed by atoms with E-state index in [4.69, 9.17) is 28.0 Å². The maximum Gasteiger partial charge on any atom is 0.355 e. The van der Waals surface area contributed by atoms with Crippen molar-refractivity contribution >= 4 is 112 Å². The van der Waals surface area contributed by atoms with Crippen molar-refractivity contribution in [1.29, 1.82) is 0 Å². The third-order valence-electron chi connectivity index (χ3n) is 11.0. The number of halogens is 2. The smallest absolute Gasteiger partial charge is 0.355 e. The van der Waals surface area contributed by atoms with Gasteiger partial charge in [-0.1, -0.05) is 27.7 Å². The van der Waals surface area contributed by atoms with Crippen LogP contribution in [0.25, 0.3) is 0 Å². The molecule has 0 saturated carbocycles. The average Bonchev–Trinajstić information content (AvgIpc) is 3.66. The summed E-state index contributed by atoms with van der Waals surface area (Å²) in [6, 6.07) is -1.17. The van der Waals surface area contributed by atoms with Crippen LogP contribution in [0, 0.1) is 0 Å². The summed E-state index contributed by atoms with van der Waals surface area (Å²) in [7, 11) is 3.32. The molecule has 72 heavy (non-hydrogen) atoms. The van der Waals surface area contributed by atoms with E-state index in [1.165, 1.54) is 61.0 Å². The largest absolute Gasteiger partial charge is 0.356 e. The maximum absolute atomic E-state index is 13.1. The van der Waals surface area contributed by atoms with Crippen LogP contribution in [0.15, 0.2) is 0 Å². The van der Waals surface area contributed by atoms with Gasteiger partial charge in [-0.25, -0.2) is 4.79 Å². The van der Waals surface area contributed by atoms with Crippen LogP contribution in [-0.4, -0.2) is 220 Å². The molecular weight excluding hydrogens is 1020 g/mol. The molecule has 1 unspecified atom stereocenters. The van der Waals surface area contributed by atoms with Crippen molar-refractivity contribution in [2.24, 2.45) is 0 Å². The predicted octanol–water partition coefficient (Wildman–Crippen LogP) is 3.19. The van der Waals surface area contributed by atoms with E-state index in [0.29, 0.717) is 119 Å². The molecule has 0 aromatic carbocycles. The zero-order chi connectivity index (χ0) is 55.2. The van der Waals surface area contributed by atoms with Crippen molar-refractivity contribution in [2.45, 2.75) is 119 Å². The second kappa shape index (κ2) is 42.1. The fourth-order valence-electron chi connectivity index (χ4n) is 6.36. The summed E-state index contributed by atoms with van der Waals surface area (Å²) in [5.41, 5.74) is 0. The molecule has 1 fully saturated rings. The zero-order valence-electron chi connectivity index (χ0n) is 44.4. The highest BCUT2D eigenvalue weighted by Gasteiger charge is 2.35. The van der Waals surface area contributed by atoms with Gasteiger partial charge < -0.3 is 44.9 Å². The average molecular weight is 1100 g/mol. The third-order valence-corrected chi connectivity index (χ3v) is 12.9. The van der Waals surface area contributed by atoms with Gasteiger partial charge >= 0.3 is 5.97 Å². The second-order valence-corrected chi connectivity index (χ2v) is 19.4. The van der Waals surface area contributed by atoms with E-state index in [0.717, 1.165) is 0 Å². The molecule has 2 N–H and O–H groups in total. The van der Waals surface area contributed by atoms with Crippen LogP contribution in [0.4, 0.5) is 0 Å². The molecule has 1 saturated heterocycles. The van der Waals surface area contributed by atoms with Crippen molar-refractivity contribution < 1.29 is 57.6 Å². The van der Waals surface area contributed by atoms with Crippen LogP contribution in [0.3, 0.4) is 0 Å². The monoisotopic (exact) mass is 1100 g/mol. The molecule has 1 rings (SSSR count). The lowest BCUT2D eigenvalue weighted by molar-refractivity contribution is -0.199. The summed E-state index contributed by atoms with van der Waals surface area (Å²) < 4.78 is 0. The summed E-state index contributed by atoms with van der Waals surface area (Å²) in [5.74, 6) is -1.58. The van der Waals surface area contributed by atoms with Crippen LogP contribution >= 0.6 is 46.7 Å². The van der Waals surface area contributed by atoms with E-state index in [9.17, 15) is 52.7 Å². The topological polar surface area (TPSA) is 244 Å². The Balaban J connectivity index is 0. The molecule has 25 heteroatoms. The SMILES string of the molecule is CC.CCC(=O)N(CCSCCC(=O)NCCCCC(NC(=O)CCSCCN(CCN(CCN(C)C(C)=O)C(C)=O)C(=O)CC)C(=O)ON1C(=O)CCC1=O)CCN(CCN(C)C(C)=O)C(C)=O.ClCCl. The zero-order valence-corrected chi connectivity index (χ0v) is 47.5. The van der Waals surface area contributed by atoms with Crippen molar-refractivity contribution in [3.05, 3.63) is 0 Å². The van der Waals surface area contributed by atoms with Crippen molar-refractivity contribution in [3.63, 3.8) is 0 Å². The van der Waals surface area contributed by atoms with Crippen LogP contribution in [-0.2, 0) is 57.6 Å². The van der Waals surface area contributed by atoms with Crippen molar-refractivity contribution in [2.75, 3.05) is 114 Å². The van der Waals surface area contributed by atoms with Gasteiger partial charge in [0, 0.05) is 175 Å². The number of hydroxylamine groups is 2. The number of nitrogens with one attached hydrogen (secondary N) is 2. The standard InChI is InChI=1S/C44H75N9O12S2.C2H6.CH2Cl2/c1-9-40(60)51(25-23-49(35(5)56)21-19-47(7)33(3)54)27-31-66-29-16-38(58)45-18-12-11-13-37(44(64)65-53-42(62)14-15-43(53)63)46-39(59)17-30-67-32-28-52(41(61)10-2)26-24-50(36(6)57)22-20-48(8)34(4)55;1-2;2-1-3/h37H,9-32H2,1-8H3,(H,45,58)(H,46,59);1-2H3;1H2. The fourth-order valence-corrected chi connectivity index (χ4v) is 8.13. The molecule has 0 bridgehead atoms. The number of rotatable bonds is 34. The summed E-state index contributed by atoms with van der Waals surface area (Å²) >= 11 is 12.5. The first-order chi connectivity index (χ1) is 34.1. The highest BCUT2D eigenvalue weighted by Crippen LogP contribution is 2.15. The highest BCUT2D eigenvalue weighted by atomic mass is 35.5. The molecule has 1 atom stereocenters. The van der Waals surface area contributed by atoms with Crippen LogP contribution < -0.4 is 10.6 Å². The summed E-state index contributed by atoms with van der Waals surface area (Å²) in [6.45, 7) is 17.2. The first kappa shape index (κ1) is 69.7. The van der Waals surface area contributed by atoms with Gasteiger partial charge in [0.1, 0.15) is 6.04 Å². The Morgan fingerprint density at radius 1 is 0.583 bits per heavy atom. The molecular formula is C47H83Cl2N9O12S2. The lowest BCUT2D eigenvalue weighted by Gasteiger charge is -2.28. The first-order valence-corrected chi connectivity index (χ1v) is 27.9. The second-order valence-electron chi connectivity index (χ2n) is 16.1. The molecule has 21 nitrogen and oxygen atoms in total. The minimum Gasteiger partial charge on any atom is -0.356 e. The van der Waals surface area contributed by atoms with E-state index in [-0.39, 0.29) is 85.2 Å². The Labute approximate surface area is 446 Å². The van der Waals surface area contributed by atoms with Crippen molar-refractivity contribution in [1.82, 2.24) is 45.1 Å². The van der Waals surface area contributed by atoms with Gasteiger partial charge in [0.25, 0.3) is 11.8 Å². The summed E-state index contributed by atoms with van der Waals surface area (Å²) in [6.07, 6.45) is 1.63. The molecule has 1 heterocycles. The summed E-state index contributed by atoms with van der Waals surface area (Å²) in [4.78, 5) is 151. The minimum atomic E-state index is -1.17. The summed E-state index contributed by atoms with van der Waals surface area (Å²) in [5, 5.41) is 6.13. The Morgan fingerprint density at radius 2 is 0.972 bits per heavy atom. The number of alkyl halides is 2. The van der Waals surface area contributed by atoms with Gasteiger partial charge in [0.05, 0.1) is 5.34 Å². The molecule has 10 amide bonds. The number of thioether (sulfide) groups is 2. The molecule has 0 aliphatic carbocycles. The molecule has 0 aromatic heterocycles. The van der Waals surface area contributed by atoms with E-state index in [2.05, 4.69) is 10.6 Å². The van der Waals surface area contributed by atoms with E-state index in [1.807, 2.05) is 13.8 Å². The van der Waals surface area contributed by atoms with Gasteiger partial charge in [-0.3, -0.25) is 47.9 Å². The van der Waals surface area contributed by atoms with Gasteiger partial charge in [0.2, 0.25) is 47.3 Å². The Hall–Kier alpha value is -4.35. The lowest BCUT2D eigenvalue weighted by Crippen LogP contribution is -2.45. The molecule has 1 aliphatic rings. The Kier molecular flexibility index (Phi) is 40.7. The number of hydrogen-bond donors (Lipinski definition) is 2. The Morgan fingerprint density at radius 3 is 1.36 bits per heavy atom. The van der Waals surface area contributed by atoms with E-state index >= 15 is 0 Å². The van der Waals surface area contributed by atoms with Gasteiger partial charge in [0.15, 0.2) is 0 Å². The van der Waals surface area contributed by atoms with E-state index in [1.54, 1.807) is 47.5 Å². The lowest BCUT2D eigenvalue weighted by atomic mass is 10.1. The number of imide groups is 1. The van der Waals surface area contributed by atoms with Gasteiger partial charge in [-0.2, -0.15) is 23.5 Å². The predicted molar refractivity (Wildman–Crippen MR) is 283 cm³/mol. The maximum atomic E-state index is 13.1. The Bertz CT molecular complexity index is 1710. The van der Waals surface area contributed by atoms with Crippen LogP contribution in [0.1, 0.15) is 113 Å².